The maximum absolute atomic E-state index is 11.4. The summed E-state index contributed by atoms with van der Waals surface area (Å²) in [5.74, 6) is -0.314. The largest absolute Gasteiger partial charge is 0.353 e. The standard InChI is InChI=1S/C10H20N2O2S2/c1-9(2,15)7(13)11-5-6-12-8(14)10(3,4)16/h15-16H,5-6H2,1-4H3,(H,11,13)(H,12,14). The number of nitrogens with one attached hydrogen (secondary N) is 2. The zero-order valence-electron chi connectivity index (χ0n) is 10.1. The molecule has 0 radical (unpaired) electrons. The summed E-state index contributed by atoms with van der Waals surface area (Å²) >= 11 is 8.25. The van der Waals surface area contributed by atoms with Crippen molar-refractivity contribution in [2.75, 3.05) is 13.1 Å². The molecule has 2 N–H and O–H groups in total. The zero-order chi connectivity index (χ0) is 13.0. The van der Waals surface area contributed by atoms with Crippen LogP contribution in [0.15, 0.2) is 0 Å². The van der Waals surface area contributed by atoms with Crippen LogP contribution in [0.4, 0.5) is 0 Å². The number of amides is 2. The first-order valence-electron chi connectivity index (χ1n) is 5.06. The van der Waals surface area contributed by atoms with Crippen LogP contribution in [0.2, 0.25) is 0 Å². The third-order valence-corrected chi connectivity index (χ3v) is 2.21. The first-order valence-corrected chi connectivity index (χ1v) is 5.96. The molecule has 0 atom stereocenters. The summed E-state index contributed by atoms with van der Waals surface area (Å²) in [4.78, 5) is 22.8. The van der Waals surface area contributed by atoms with E-state index in [0.29, 0.717) is 13.1 Å². The molecule has 0 saturated heterocycles. The number of carbonyl (C=O) groups is 2. The van der Waals surface area contributed by atoms with Crippen LogP contribution in [0.5, 0.6) is 0 Å². The Balaban J connectivity index is 3.79. The molecule has 0 aromatic rings. The molecule has 0 fully saturated rings. The molecule has 0 aromatic heterocycles. The van der Waals surface area contributed by atoms with Gasteiger partial charge in [0.05, 0.1) is 9.49 Å². The normalized spacial score (nSPS) is 12.1. The lowest BCUT2D eigenvalue weighted by Gasteiger charge is -2.19. The maximum atomic E-state index is 11.4. The molecule has 2 amide bonds. The molecule has 6 heteroatoms. The van der Waals surface area contributed by atoms with Gasteiger partial charge in [0.25, 0.3) is 0 Å². The van der Waals surface area contributed by atoms with Crippen molar-refractivity contribution in [3.05, 3.63) is 0 Å². The van der Waals surface area contributed by atoms with E-state index in [4.69, 9.17) is 0 Å². The fourth-order valence-corrected chi connectivity index (χ4v) is 0.943. The van der Waals surface area contributed by atoms with Crippen molar-refractivity contribution in [1.29, 1.82) is 0 Å². The smallest absolute Gasteiger partial charge is 0.235 e. The molecule has 0 saturated carbocycles. The van der Waals surface area contributed by atoms with E-state index >= 15 is 0 Å². The third-order valence-electron chi connectivity index (χ3n) is 1.81. The van der Waals surface area contributed by atoms with Gasteiger partial charge >= 0.3 is 0 Å². The van der Waals surface area contributed by atoms with Gasteiger partial charge in [-0.3, -0.25) is 9.59 Å². The highest BCUT2D eigenvalue weighted by Crippen LogP contribution is 2.11. The Bertz CT molecular complexity index is 239. The molecular formula is C10H20N2O2S2. The van der Waals surface area contributed by atoms with Crippen LogP contribution in [0, 0.1) is 0 Å². The molecule has 0 aliphatic carbocycles. The van der Waals surface area contributed by atoms with Crippen LogP contribution in [-0.2, 0) is 9.59 Å². The average molecular weight is 264 g/mol. The Morgan fingerprint density at radius 2 is 1.12 bits per heavy atom. The van der Waals surface area contributed by atoms with Gasteiger partial charge in [-0.15, -0.1) is 0 Å². The lowest BCUT2D eigenvalue weighted by molar-refractivity contribution is -0.124. The van der Waals surface area contributed by atoms with E-state index in [-0.39, 0.29) is 11.8 Å². The highest BCUT2D eigenvalue weighted by atomic mass is 32.1. The summed E-state index contributed by atoms with van der Waals surface area (Å²) in [6, 6.07) is 0. The molecule has 16 heavy (non-hydrogen) atoms. The van der Waals surface area contributed by atoms with E-state index < -0.39 is 9.49 Å². The SMILES string of the molecule is CC(C)(S)C(=O)NCCNC(=O)C(C)(C)S. The monoisotopic (exact) mass is 264 g/mol. The predicted octanol–water partition coefficient (Wildman–Crippen LogP) is 0.636. The molecule has 0 aromatic carbocycles. The van der Waals surface area contributed by atoms with Crippen LogP contribution >= 0.6 is 25.3 Å². The van der Waals surface area contributed by atoms with Crippen molar-refractivity contribution < 1.29 is 9.59 Å². The Morgan fingerprint density at radius 1 is 0.875 bits per heavy atom. The van der Waals surface area contributed by atoms with E-state index in [9.17, 15) is 9.59 Å². The van der Waals surface area contributed by atoms with Crippen LogP contribution in [0.25, 0.3) is 0 Å². The van der Waals surface area contributed by atoms with E-state index in [0.717, 1.165) is 0 Å². The minimum atomic E-state index is -0.702. The van der Waals surface area contributed by atoms with E-state index in [1.807, 2.05) is 0 Å². The van der Waals surface area contributed by atoms with Gasteiger partial charge in [-0.1, -0.05) is 0 Å². The molecule has 94 valence electrons. The third kappa shape index (κ3) is 6.27. The van der Waals surface area contributed by atoms with E-state index in [1.165, 1.54) is 0 Å². The lowest BCUT2D eigenvalue weighted by atomic mass is 10.2. The van der Waals surface area contributed by atoms with Crippen molar-refractivity contribution in [3.8, 4) is 0 Å². The highest BCUT2D eigenvalue weighted by Gasteiger charge is 2.23. The Kier molecular flexibility index (Phi) is 5.69. The summed E-state index contributed by atoms with van der Waals surface area (Å²) in [6.45, 7) is 7.61. The molecule has 0 spiro atoms. The zero-order valence-corrected chi connectivity index (χ0v) is 11.9. The van der Waals surface area contributed by atoms with Gasteiger partial charge in [-0.25, -0.2) is 0 Å². The average Bonchev–Trinajstić information content (AvgIpc) is 2.08. The Hall–Kier alpha value is -0.360. The van der Waals surface area contributed by atoms with Gasteiger partial charge < -0.3 is 10.6 Å². The fraction of sp³-hybridized carbons (Fsp3) is 0.800. The van der Waals surface area contributed by atoms with Crippen molar-refractivity contribution in [2.24, 2.45) is 0 Å². The molecule has 4 nitrogen and oxygen atoms in total. The molecule has 0 aliphatic rings. The van der Waals surface area contributed by atoms with Crippen LogP contribution < -0.4 is 10.6 Å². The number of rotatable bonds is 5. The van der Waals surface area contributed by atoms with Crippen molar-refractivity contribution in [3.63, 3.8) is 0 Å². The summed E-state index contributed by atoms with van der Waals surface area (Å²) in [7, 11) is 0. The lowest BCUT2D eigenvalue weighted by Crippen LogP contribution is -2.44. The number of hydrogen-bond donors (Lipinski definition) is 4. The quantitative estimate of drug-likeness (QED) is 0.435. The number of hydrogen-bond acceptors (Lipinski definition) is 4. The molecule has 0 rings (SSSR count). The molecule has 0 heterocycles. The number of carbonyl (C=O) groups excluding carboxylic acids is 2. The van der Waals surface area contributed by atoms with Crippen LogP contribution in [-0.4, -0.2) is 34.4 Å². The van der Waals surface area contributed by atoms with Gasteiger partial charge in [0, 0.05) is 13.1 Å². The van der Waals surface area contributed by atoms with Crippen molar-refractivity contribution in [2.45, 2.75) is 37.2 Å². The topological polar surface area (TPSA) is 58.2 Å². The number of thiol groups is 2. The second kappa shape index (κ2) is 5.82. The van der Waals surface area contributed by atoms with Crippen molar-refractivity contribution in [1.82, 2.24) is 10.6 Å². The second-order valence-electron chi connectivity index (χ2n) is 4.63. The van der Waals surface area contributed by atoms with Gasteiger partial charge in [0.15, 0.2) is 0 Å². The van der Waals surface area contributed by atoms with Crippen LogP contribution in [0.1, 0.15) is 27.7 Å². The fourth-order valence-electron chi connectivity index (χ4n) is 0.785. The minimum absolute atomic E-state index is 0.157. The Morgan fingerprint density at radius 3 is 1.31 bits per heavy atom. The van der Waals surface area contributed by atoms with Gasteiger partial charge in [0.1, 0.15) is 0 Å². The highest BCUT2D eigenvalue weighted by molar-refractivity contribution is 7.82. The first kappa shape index (κ1) is 15.6. The molecule has 0 bridgehead atoms. The first-order chi connectivity index (χ1) is 7.05. The predicted molar refractivity (Wildman–Crippen MR) is 72.1 cm³/mol. The van der Waals surface area contributed by atoms with Gasteiger partial charge in [0.2, 0.25) is 11.8 Å². The van der Waals surface area contributed by atoms with Gasteiger partial charge in [-0.05, 0) is 27.7 Å². The van der Waals surface area contributed by atoms with E-state index in [1.54, 1.807) is 27.7 Å². The summed E-state index contributed by atoms with van der Waals surface area (Å²) in [5.41, 5.74) is 0. The van der Waals surface area contributed by atoms with Crippen molar-refractivity contribution >= 4 is 37.1 Å². The molecule has 0 unspecified atom stereocenters. The van der Waals surface area contributed by atoms with Gasteiger partial charge in [-0.2, -0.15) is 25.3 Å². The molecule has 0 aliphatic heterocycles. The summed E-state index contributed by atoms with van der Waals surface area (Å²) in [5, 5.41) is 5.35. The van der Waals surface area contributed by atoms with E-state index in [2.05, 4.69) is 35.9 Å². The minimum Gasteiger partial charge on any atom is -0.353 e. The van der Waals surface area contributed by atoms with Crippen LogP contribution in [0.3, 0.4) is 0 Å². The Labute approximate surface area is 108 Å². The molecular weight excluding hydrogens is 244 g/mol. The second-order valence-corrected chi connectivity index (χ2v) is 6.87. The maximum Gasteiger partial charge on any atom is 0.235 e. The summed E-state index contributed by atoms with van der Waals surface area (Å²) < 4.78 is -1.40. The summed E-state index contributed by atoms with van der Waals surface area (Å²) in [6.07, 6.45) is 0.